The Kier molecular flexibility index (Phi) is 8.12. The van der Waals surface area contributed by atoms with E-state index in [1.165, 1.54) is 21.0 Å². The van der Waals surface area contributed by atoms with Crippen LogP contribution in [0.5, 0.6) is 0 Å². The summed E-state index contributed by atoms with van der Waals surface area (Å²) < 4.78 is 14.8. The Morgan fingerprint density at radius 1 is 1.11 bits per heavy atom. The Bertz CT molecular complexity index is 1170. The normalized spacial score (nSPS) is 16.3. The van der Waals surface area contributed by atoms with Crippen LogP contribution in [0, 0.1) is 5.82 Å². The highest BCUT2D eigenvalue weighted by Crippen LogP contribution is 2.35. The van der Waals surface area contributed by atoms with Crippen LogP contribution in [0.3, 0.4) is 0 Å². The quantitative estimate of drug-likeness (QED) is 0.196. The number of carbonyl (C=O) groups excluding carboxylic acids is 1. The molecule has 0 amide bonds. The highest BCUT2D eigenvalue weighted by Gasteiger charge is 2.23. The molecule has 1 saturated heterocycles. The van der Waals surface area contributed by atoms with Gasteiger partial charge in [0.05, 0.1) is 9.09 Å². The summed E-state index contributed by atoms with van der Waals surface area (Å²) in [5.41, 5.74) is 4.81. The van der Waals surface area contributed by atoms with Gasteiger partial charge in [0.1, 0.15) is 11.6 Å². The molecule has 0 unspecified atom stereocenters. The van der Waals surface area contributed by atoms with Crippen molar-refractivity contribution in [3.05, 3.63) is 64.4 Å². The Balaban J connectivity index is 1.18. The molecule has 3 aromatic rings. The Labute approximate surface area is 219 Å². The van der Waals surface area contributed by atoms with Gasteiger partial charge in [0.15, 0.2) is 5.78 Å². The smallest absolute Gasteiger partial charge is 0.169 e. The number of fused-ring (bicyclic) bond motifs is 1. The highest BCUT2D eigenvalue weighted by atomic mass is 32.2. The second-order valence-electron chi connectivity index (χ2n) is 8.97. The lowest BCUT2D eigenvalue weighted by atomic mass is 9.98. The zero-order valence-corrected chi connectivity index (χ0v) is 22.4. The van der Waals surface area contributed by atoms with Crippen LogP contribution in [0.2, 0.25) is 0 Å². The minimum atomic E-state index is -0.197. The van der Waals surface area contributed by atoms with E-state index in [0.29, 0.717) is 0 Å². The van der Waals surface area contributed by atoms with Crippen molar-refractivity contribution >= 4 is 46.5 Å². The maximum absolute atomic E-state index is 13.5. The number of Topliss-reactive ketones (excluding diaryl/α,β-unsaturated/α-hetero) is 1. The number of nitrogens with zero attached hydrogens (tertiary/aromatic N) is 3. The van der Waals surface area contributed by atoms with Crippen molar-refractivity contribution in [1.29, 1.82) is 0 Å². The molecule has 1 aromatic carbocycles. The van der Waals surface area contributed by atoms with Gasteiger partial charge >= 0.3 is 0 Å². The molecular formula is C27H30FN3OS3. The second kappa shape index (κ2) is 11.5. The first-order chi connectivity index (χ1) is 17.1. The number of thiophene rings is 1. The van der Waals surface area contributed by atoms with E-state index in [4.69, 9.17) is 4.98 Å². The third-order valence-electron chi connectivity index (χ3n) is 6.57. The third-order valence-corrected chi connectivity index (χ3v) is 10.1. The summed E-state index contributed by atoms with van der Waals surface area (Å²) in [6.45, 7) is 6.76. The molecule has 0 saturated carbocycles. The number of aromatic nitrogens is 1. The lowest BCUT2D eigenvalue weighted by Crippen LogP contribution is -2.47. The summed E-state index contributed by atoms with van der Waals surface area (Å²) in [4.78, 5) is 22.4. The van der Waals surface area contributed by atoms with Gasteiger partial charge in [-0.3, -0.25) is 9.69 Å². The minimum absolute atomic E-state index is 0.150. The number of rotatable bonds is 8. The van der Waals surface area contributed by atoms with Gasteiger partial charge in [-0.05, 0) is 79.1 Å². The zero-order valence-electron chi connectivity index (χ0n) is 20.0. The van der Waals surface area contributed by atoms with Crippen LogP contribution in [-0.4, -0.2) is 59.9 Å². The first-order valence-electron chi connectivity index (χ1n) is 12.1. The SMILES string of the molecule is CC(=O)c1ccc(SCCCN2CCN(c3cc(-c4ccc(F)cc4)c4c(n3)CCSC4)CC2)s1. The Morgan fingerprint density at radius 2 is 1.91 bits per heavy atom. The molecule has 2 aliphatic heterocycles. The van der Waals surface area contributed by atoms with Crippen molar-refractivity contribution in [2.75, 3.05) is 49.1 Å². The van der Waals surface area contributed by atoms with Crippen molar-refractivity contribution < 1.29 is 9.18 Å². The minimum Gasteiger partial charge on any atom is -0.354 e. The van der Waals surface area contributed by atoms with Crippen LogP contribution in [0.4, 0.5) is 10.2 Å². The maximum atomic E-state index is 13.5. The van der Waals surface area contributed by atoms with Crippen molar-refractivity contribution in [2.45, 2.75) is 29.7 Å². The van der Waals surface area contributed by atoms with Crippen molar-refractivity contribution in [3.8, 4) is 11.1 Å². The summed E-state index contributed by atoms with van der Waals surface area (Å²) in [7, 11) is 0. The van der Waals surface area contributed by atoms with E-state index < -0.39 is 0 Å². The summed E-state index contributed by atoms with van der Waals surface area (Å²) in [6.07, 6.45) is 2.14. The first-order valence-corrected chi connectivity index (χ1v) is 15.1. The monoisotopic (exact) mass is 527 g/mol. The number of thioether (sulfide) groups is 2. The van der Waals surface area contributed by atoms with Crippen molar-refractivity contribution in [3.63, 3.8) is 0 Å². The van der Waals surface area contributed by atoms with Crippen molar-refractivity contribution in [2.24, 2.45) is 0 Å². The van der Waals surface area contributed by atoms with Crippen LogP contribution in [0.15, 0.2) is 46.7 Å². The largest absolute Gasteiger partial charge is 0.354 e. The van der Waals surface area contributed by atoms with E-state index in [1.54, 1.807) is 30.4 Å². The van der Waals surface area contributed by atoms with Gasteiger partial charge in [-0.1, -0.05) is 12.1 Å². The predicted molar refractivity (Wildman–Crippen MR) is 148 cm³/mol. The molecule has 0 radical (unpaired) electrons. The van der Waals surface area contributed by atoms with Gasteiger partial charge in [0.2, 0.25) is 0 Å². The predicted octanol–water partition coefficient (Wildman–Crippen LogP) is 6.25. The summed E-state index contributed by atoms with van der Waals surface area (Å²) in [6, 6.07) is 13.1. The van der Waals surface area contributed by atoms with Gasteiger partial charge in [0, 0.05) is 43.4 Å². The molecule has 35 heavy (non-hydrogen) atoms. The molecule has 4 nitrogen and oxygen atoms in total. The fourth-order valence-corrected chi connectivity index (χ4v) is 7.65. The molecule has 0 N–H and O–H groups in total. The Hall–Kier alpha value is -1.87. The van der Waals surface area contributed by atoms with E-state index in [0.717, 1.165) is 79.1 Å². The highest BCUT2D eigenvalue weighted by molar-refractivity contribution is 8.01. The number of hydrogen-bond donors (Lipinski definition) is 0. The van der Waals surface area contributed by atoms with Crippen LogP contribution in [0.1, 0.15) is 34.3 Å². The van der Waals surface area contributed by atoms with Crippen LogP contribution in [0.25, 0.3) is 11.1 Å². The second-order valence-corrected chi connectivity index (χ2v) is 12.6. The number of pyridine rings is 1. The molecule has 0 aliphatic carbocycles. The van der Waals surface area contributed by atoms with Gasteiger partial charge in [-0.2, -0.15) is 11.8 Å². The number of ketones is 1. The molecule has 2 aliphatic rings. The first kappa shape index (κ1) is 24.8. The molecule has 2 aromatic heterocycles. The number of carbonyl (C=O) groups is 1. The fourth-order valence-electron chi connectivity index (χ4n) is 4.62. The topological polar surface area (TPSA) is 36.4 Å². The molecule has 0 spiro atoms. The van der Waals surface area contributed by atoms with Crippen LogP contribution >= 0.6 is 34.9 Å². The van der Waals surface area contributed by atoms with E-state index >= 15 is 0 Å². The molecular weight excluding hydrogens is 498 g/mol. The number of benzene rings is 1. The van der Waals surface area contributed by atoms with E-state index in [9.17, 15) is 9.18 Å². The van der Waals surface area contributed by atoms with E-state index in [1.807, 2.05) is 41.7 Å². The van der Waals surface area contributed by atoms with Gasteiger partial charge < -0.3 is 4.90 Å². The molecule has 4 heterocycles. The molecule has 1 fully saturated rings. The molecule has 0 atom stereocenters. The summed E-state index contributed by atoms with van der Waals surface area (Å²) >= 11 is 5.40. The average Bonchev–Trinajstić information content (AvgIpc) is 3.36. The van der Waals surface area contributed by atoms with E-state index in [2.05, 4.69) is 21.9 Å². The number of halogens is 1. The lowest BCUT2D eigenvalue weighted by molar-refractivity contribution is 0.102. The van der Waals surface area contributed by atoms with Crippen molar-refractivity contribution in [1.82, 2.24) is 9.88 Å². The van der Waals surface area contributed by atoms with Crippen LogP contribution in [-0.2, 0) is 12.2 Å². The molecule has 5 rings (SSSR count). The molecule has 184 valence electrons. The summed E-state index contributed by atoms with van der Waals surface area (Å²) in [5.74, 6) is 4.17. The number of anilines is 1. The van der Waals surface area contributed by atoms with E-state index in [-0.39, 0.29) is 11.6 Å². The number of aryl methyl sites for hydroxylation is 1. The Morgan fingerprint density at radius 3 is 2.66 bits per heavy atom. The summed E-state index contributed by atoms with van der Waals surface area (Å²) in [5, 5.41) is 0. The zero-order chi connectivity index (χ0) is 24.2. The molecule has 8 heteroatoms. The van der Waals surface area contributed by atoms with Gasteiger partial charge in [-0.15, -0.1) is 23.1 Å². The lowest BCUT2D eigenvalue weighted by Gasteiger charge is -2.36. The maximum Gasteiger partial charge on any atom is 0.169 e. The molecule has 0 bridgehead atoms. The number of piperazine rings is 1. The van der Waals surface area contributed by atoms with Gasteiger partial charge in [0.25, 0.3) is 0 Å². The van der Waals surface area contributed by atoms with Gasteiger partial charge in [-0.25, -0.2) is 9.37 Å². The standard InChI is InChI=1S/C27H30FN3OS3/c1-19(32)25-7-8-27(35-25)34-15-2-10-30-11-13-31(14-12-30)26-17-22(20-3-5-21(28)6-4-20)23-18-33-16-9-24(23)29-26/h3-8,17H,2,9-16,18H2,1H3. The fraction of sp³-hybridized carbons (Fsp3) is 0.407. The average molecular weight is 528 g/mol. The number of hydrogen-bond acceptors (Lipinski definition) is 7. The van der Waals surface area contributed by atoms with Crippen LogP contribution < -0.4 is 4.90 Å². The third kappa shape index (κ3) is 6.10.